The number of amides is 2. The second-order valence-corrected chi connectivity index (χ2v) is 7.73. The first-order chi connectivity index (χ1) is 9.52. The summed E-state index contributed by atoms with van der Waals surface area (Å²) in [4.78, 5) is 16.8. The maximum absolute atomic E-state index is 12.3. The number of hydrogen-bond donors (Lipinski definition) is 1. The molecule has 2 atom stereocenters. The highest BCUT2D eigenvalue weighted by atomic mass is 32.2. The number of carbonyl (C=O) groups excluding carboxylic acids is 1. The highest BCUT2D eigenvalue weighted by Crippen LogP contribution is 2.28. The smallest absolute Gasteiger partial charge is 0.317 e. The van der Waals surface area contributed by atoms with E-state index in [4.69, 9.17) is 0 Å². The Hall–Kier alpha value is -0.680. The Balaban J connectivity index is 1.95. The fourth-order valence-electron chi connectivity index (χ4n) is 2.46. The molecule has 1 saturated heterocycles. The van der Waals surface area contributed by atoms with E-state index in [2.05, 4.69) is 32.2 Å². The molecule has 1 fully saturated rings. The molecule has 0 aromatic carbocycles. The molecule has 2 rings (SSSR count). The molecule has 2 heterocycles. The predicted octanol–water partition coefficient (Wildman–Crippen LogP) is 3.83. The molecule has 1 aliphatic rings. The Morgan fingerprint density at radius 1 is 1.60 bits per heavy atom. The number of urea groups is 1. The number of hydrogen-bond acceptors (Lipinski definition) is 3. The van der Waals surface area contributed by atoms with Gasteiger partial charge in [0.2, 0.25) is 0 Å². The van der Waals surface area contributed by atoms with Crippen molar-refractivity contribution in [2.45, 2.75) is 45.7 Å². The molecule has 2 amide bonds. The number of thioether (sulfide) groups is 1. The third-order valence-electron chi connectivity index (χ3n) is 3.90. The van der Waals surface area contributed by atoms with Gasteiger partial charge in [-0.1, -0.05) is 6.92 Å². The van der Waals surface area contributed by atoms with E-state index in [1.165, 1.54) is 21.1 Å². The van der Waals surface area contributed by atoms with Crippen LogP contribution in [0.15, 0.2) is 6.07 Å². The van der Waals surface area contributed by atoms with Gasteiger partial charge < -0.3 is 10.2 Å². The first-order valence-corrected chi connectivity index (χ1v) is 9.20. The molecule has 0 spiro atoms. The zero-order valence-corrected chi connectivity index (χ0v) is 14.4. The van der Waals surface area contributed by atoms with Crippen molar-refractivity contribution in [1.82, 2.24) is 10.2 Å². The van der Waals surface area contributed by atoms with Crippen molar-refractivity contribution in [2.75, 3.05) is 18.6 Å². The van der Waals surface area contributed by atoms with E-state index in [-0.39, 0.29) is 12.1 Å². The molecular formula is C15H24N2OS2. The topological polar surface area (TPSA) is 32.3 Å². The Morgan fingerprint density at radius 3 is 2.90 bits per heavy atom. The molecule has 1 aromatic rings. The van der Waals surface area contributed by atoms with Crippen LogP contribution in [0.25, 0.3) is 0 Å². The van der Waals surface area contributed by atoms with Gasteiger partial charge in [0.05, 0.1) is 6.04 Å². The SMILES string of the molecule is CCc1sc([C@H](C)NC(=O)N(C)[C@H]2CCSC2)cc1C. The lowest BCUT2D eigenvalue weighted by atomic mass is 10.2. The molecule has 20 heavy (non-hydrogen) atoms. The fraction of sp³-hybridized carbons (Fsp3) is 0.667. The maximum atomic E-state index is 12.3. The molecule has 112 valence electrons. The van der Waals surface area contributed by atoms with Gasteiger partial charge in [-0.15, -0.1) is 11.3 Å². The van der Waals surface area contributed by atoms with Crippen molar-refractivity contribution < 1.29 is 4.79 Å². The average Bonchev–Trinajstić information content (AvgIpc) is 3.06. The Kier molecular flexibility index (Phi) is 5.38. The first kappa shape index (κ1) is 15.7. The van der Waals surface area contributed by atoms with Gasteiger partial charge in [0.15, 0.2) is 0 Å². The molecule has 0 bridgehead atoms. The third-order valence-corrected chi connectivity index (χ3v) is 6.61. The van der Waals surface area contributed by atoms with Crippen molar-refractivity contribution in [3.63, 3.8) is 0 Å². The van der Waals surface area contributed by atoms with Gasteiger partial charge in [-0.05, 0) is 44.1 Å². The average molecular weight is 313 g/mol. The number of rotatable bonds is 4. The third kappa shape index (κ3) is 3.50. The van der Waals surface area contributed by atoms with Crippen LogP contribution < -0.4 is 5.32 Å². The van der Waals surface area contributed by atoms with Crippen LogP contribution in [0.3, 0.4) is 0 Å². The van der Waals surface area contributed by atoms with Gasteiger partial charge in [0.25, 0.3) is 0 Å². The van der Waals surface area contributed by atoms with Crippen molar-refractivity contribution in [1.29, 1.82) is 0 Å². The summed E-state index contributed by atoms with van der Waals surface area (Å²) in [5.41, 5.74) is 1.34. The van der Waals surface area contributed by atoms with E-state index in [1.54, 1.807) is 0 Å². The summed E-state index contributed by atoms with van der Waals surface area (Å²) >= 11 is 3.75. The second-order valence-electron chi connectivity index (χ2n) is 5.41. The minimum Gasteiger partial charge on any atom is -0.331 e. The minimum absolute atomic E-state index is 0.0501. The van der Waals surface area contributed by atoms with Crippen LogP contribution in [0.4, 0.5) is 4.79 Å². The van der Waals surface area contributed by atoms with E-state index in [1.807, 2.05) is 35.0 Å². The molecule has 0 radical (unpaired) electrons. The van der Waals surface area contributed by atoms with Gasteiger partial charge in [-0.2, -0.15) is 11.8 Å². The molecule has 0 saturated carbocycles. The fourth-order valence-corrected chi connectivity index (χ4v) is 4.85. The van der Waals surface area contributed by atoms with Crippen LogP contribution in [0.5, 0.6) is 0 Å². The van der Waals surface area contributed by atoms with Crippen LogP contribution in [0, 0.1) is 6.92 Å². The molecular weight excluding hydrogens is 288 g/mol. The Labute approximate surface area is 130 Å². The summed E-state index contributed by atoms with van der Waals surface area (Å²) in [5, 5.41) is 3.13. The summed E-state index contributed by atoms with van der Waals surface area (Å²) in [6, 6.07) is 2.74. The van der Waals surface area contributed by atoms with Crippen molar-refractivity contribution in [3.8, 4) is 0 Å². The lowest BCUT2D eigenvalue weighted by Gasteiger charge is -2.25. The normalized spacial score (nSPS) is 19.9. The minimum atomic E-state index is 0.0501. The quantitative estimate of drug-likeness (QED) is 0.916. The van der Waals surface area contributed by atoms with Gasteiger partial charge in [0.1, 0.15) is 0 Å². The van der Waals surface area contributed by atoms with Gasteiger partial charge >= 0.3 is 6.03 Å². The van der Waals surface area contributed by atoms with Crippen molar-refractivity contribution in [2.24, 2.45) is 0 Å². The number of carbonyl (C=O) groups is 1. The first-order valence-electron chi connectivity index (χ1n) is 7.23. The summed E-state index contributed by atoms with van der Waals surface area (Å²) < 4.78 is 0. The summed E-state index contributed by atoms with van der Waals surface area (Å²) in [5.74, 6) is 2.23. The Morgan fingerprint density at radius 2 is 2.35 bits per heavy atom. The predicted molar refractivity (Wildman–Crippen MR) is 88.9 cm³/mol. The van der Waals surface area contributed by atoms with E-state index < -0.39 is 0 Å². The molecule has 5 heteroatoms. The number of aryl methyl sites for hydroxylation is 2. The summed E-state index contributed by atoms with van der Waals surface area (Å²) in [7, 11) is 1.91. The van der Waals surface area contributed by atoms with E-state index in [9.17, 15) is 4.79 Å². The zero-order valence-electron chi connectivity index (χ0n) is 12.7. The van der Waals surface area contributed by atoms with Crippen LogP contribution in [-0.4, -0.2) is 35.5 Å². The van der Waals surface area contributed by atoms with Crippen LogP contribution in [0.1, 0.15) is 41.6 Å². The van der Waals surface area contributed by atoms with E-state index in [0.717, 1.165) is 18.6 Å². The standard InChI is InChI=1S/C15H24N2OS2/c1-5-13-10(2)8-14(20-13)11(3)16-15(18)17(4)12-6-7-19-9-12/h8,11-12H,5-7,9H2,1-4H3,(H,16,18)/t11-,12-/m0/s1. The maximum Gasteiger partial charge on any atom is 0.317 e. The van der Waals surface area contributed by atoms with Gasteiger partial charge in [0, 0.05) is 28.6 Å². The van der Waals surface area contributed by atoms with Gasteiger partial charge in [-0.3, -0.25) is 0 Å². The Bertz CT molecular complexity index is 466. The highest BCUT2D eigenvalue weighted by molar-refractivity contribution is 7.99. The van der Waals surface area contributed by atoms with Crippen LogP contribution in [0.2, 0.25) is 0 Å². The van der Waals surface area contributed by atoms with Crippen molar-refractivity contribution >= 4 is 29.1 Å². The van der Waals surface area contributed by atoms with Gasteiger partial charge in [-0.25, -0.2) is 4.79 Å². The van der Waals surface area contributed by atoms with Crippen LogP contribution in [-0.2, 0) is 6.42 Å². The molecule has 1 aromatic heterocycles. The second kappa shape index (κ2) is 6.85. The molecule has 1 N–H and O–H groups in total. The lowest BCUT2D eigenvalue weighted by Crippen LogP contribution is -2.44. The number of thiophene rings is 1. The molecule has 0 aliphatic carbocycles. The monoisotopic (exact) mass is 312 g/mol. The number of nitrogens with one attached hydrogen (secondary N) is 1. The van der Waals surface area contributed by atoms with Crippen LogP contribution >= 0.6 is 23.1 Å². The molecule has 3 nitrogen and oxygen atoms in total. The van der Waals surface area contributed by atoms with E-state index >= 15 is 0 Å². The highest BCUT2D eigenvalue weighted by Gasteiger charge is 2.25. The number of nitrogens with zero attached hydrogens (tertiary/aromatic N) is 1. The lowest BCUT2D eigenvalue weighted by molar-refractivity contribution is 0.192. The molecule has 0 unspecified atom stereocenters. The molecule has 1 aliphatic heterocycles. The summed E-state index contributed by atoms with van der Waals surface area (Å²) in [6.45, 7) is 6.40. The zero-order chi connectivity index (χ0) is 14.7. The van der Waals surface area contributed by atoms with E-state index in [0.29, 0.717) is 6.04 Å². The van der Waals surface area contributed by atoms with Crippen molar-refractivity contribution in [3.05, 3.63) is 21.4 Å². The largest absolute Gasteiger partial charge is 0.331 e. The summed E-state index contributed by atoms with van der Waals surface area (Å²) in [6.07, 6.45) is 2.18.